The van der Waals surface area contributed by atoms with E-state index in [1.54, 1.807) is 18.2 Å². The number of nitrogens with two attached hydrogens (primary N) is 1. The monoisotopic (exact) mass is 589 g/mol. The molecule has 1 aromatic rings. The van der Waals surface area contributed by atoms with Crippen molar-refractivity contribution in [1.82, 2.24) is 14.7 Å². The predicted molar refractivity (Wildman–Crippen MR) is 156 cm³/mol. The van der Waals surface area contributed by atoms with E-state index in [-0.39, 0.29) is 28.8 Å². The van der Waals surface area contributed by atoms with Crippen LogP contribution in [0.2, 0.25) is 0 Å². The fourth-order valence-electron chi connectivity index (χ4n) is 6.32. The van der Waals surface area contributed by atoms with Crippen LogP contribution < -0.4 is 5.14 Å². The summed E-state index contributed by atoms with van der Waals surface area (Å²) in [7, 11) is -1.83. The number of piperidine rings is 1. The molecule has 2 aliphatic heterocycles. The number of allylic oxidation sites excluding steroid dienone is 5. The van der Waals surface area contributed by atoms with E-state index in [2.05, 4.69) is 4.90 Å². The van der Waals surface area contributed by atoms with Crippen LogP contribution in [0.3, 0.4) is 0 Å². The maximum absolute atomic E-state index is 15.1. The zero-order valence-corrected chi connectivity index (χ0v) is 24.6. The minimum absolute atomic E-state index is 0.0124. The van der Waals surface area contributed by atoms with Crippen LogP contribution in [0.15, 0.2) is 64.7 Å². The van der Waals surface area contributed by atoms with Gasteiger partial charge in [-0.05, 0) is 62.4 Å². The molecule has 8 nitrogen and oxygen atoms in total. The van der Waals surface area contributed by atoms with Crippen LogP contribution in [0.5, 0.6) is 0 Å². The maximum Gasteiger partial charge on any atom is 0.270 e. The number of likely N-dealkylation sites (tertiary alicyclic amines) is 2. The molecule has 1 aliphatic carbocycles. The van der Waals surface area contributed by atoms with Gasteiger partial charge in [0.1, 0.15) is 0 Å². The Bertz CT molecular complexity index is 1300. The molecule has 0 spiro atoms. The van der Waals surface area contributed by atoms with Crippen molar-refractivity contribution in [3.8, 4) is 0 Å². The molecule has 1 amide bonds. The van der Waals surface area contributed by atoms with Crippen LogP contribution in [-0.4, -0.2) is 80.9 Å². The second kappa shape index (κ2) is 13.0. The number of nitrogens with zero attached hydrogens (tertiary/aromatic N) is 3. The Morgan fingerprint density at radius 1 is 1.20 bits per heavy atom. The lowest BCUT2D eigenvalue weighted by atomic mass is 9.84. The molecular formula is C30H41F2N5O3S. The lowest BCUT2D eigenvalue weighted by Crippen LogP contribution is -2.40. The third kappa shape index (κ3) is 7.31. The van der Waals surface area contributed by atoms with Crippen LogP contribution >= 0.6 is 0 Å². The second-order valence-corrected chi connectivity index (χ2v) is 12.9. The van der Waals surface area contributed by atoms with E-state index in [4.69, 9.17) is 10.5 Å². The van der Waals surface area contributed by atoms with Crippen molar-refractivity contribution >= 4 is 22.1 Å². The van der Waals surface area contributed by atoms with Crippen molar-refractivity contribution in [1.29, 1.82) is 5.41 Å². The summed E-state index contributed by atoms with van der Waals surface area (Å²) in [4.78, 5) is 19.4. The molecule has 0 radical (unpaired) electrons. The number of halogens is 2. The van der Waals surface area contributed by atoms with Crippen LogP contribution in [-0.2, 0) is 21.4 Å². The number of nitrogens with one attached hydrogen (secondary N) is 1. The topological polar surface area (TPSA) is 111 Å². The number of carbonyl (C=O) groups excluding carboxylic acids is 1. The smallest absolute Gasteiger partial charge is 0.270 e. The number of amides is 1. The number of primary sulfonamides is 1. The van der Waals surface area contributed by atoms with E-state index < -0.39 is 34.3 Å². The van der Waals surface area contributed by atoms with E-state index in [0.29, 0.717) is 19.5 Å². The third-order valence-corrected chi connectivity index (χ3v) is 9.36. The Labute approximate surface area is 242 Å². The molecule has 2 unspecified atom stereocenters. The molecule has 3 aliphatic rings. The molecule has 2 fully saturated rings. The Balaban J connectivity index is 1.49. The standard InChI is InChI=1S/C30H41F2N5O3S/c1-3-15-35(2)28(24-13-16-36(17-14-24)19-22-9-11-25(12-10-22)41(34,39)40)26(18-33)29(38)37-20-27(30(31,32)21-37)23-7-5-4-6-8-23/h4-7,9-12,18,23-24,27,33H,3,8,13-17,19-21H2,1-2H3,(H2,34,39,40)/b28-26+,33-18?. The summed E-state index contributed by atoms with van der Waals surface area (Å²) in [6.45, 7) is 4.21. The molecule has 0 bridgehead atoms. The Morgan fingerprint density at radius 3 is 2.44 bits per heavy atom. The van der Waals surface area contributed by atoms with Crippen LogP contribution in [0.25, 0.3) is 0 Å². The van der Waals surface area contributed by atoms with Gasteiger partial charge >= 0.3 is 0 Å². The van der Waals surface area contributed by atoms with Crippen molar-refractivity contribution in [3.05, 3.63) is 65.4 Å². The van der Waals surface area contributed by atoms with E-state index in [1.807, 2.05) is 37.1 Å². The molecule has 0 saturated carbocycles. The molecule has 41 heavy (non-hydrogen) atoms. The highest BCUT2D eigenvalue weighted by molar-refractivity contribution is 7.89. The first-order chi connectivity index (χ1) is 19.4. The highest BCUT2D eigenvalue weighted by atomic mass is 32.2. The molecule has 1 aromatic carbocycles. The van der Waals surface area contributed by atoms with Gasteiger partial charge < -0.3 is 15.2 Å². The predicted octanol–water partition coefficient (Wildman–Crippen LogP) is 4.02. The Kier molecular flexibility index (Phi) is 9.81. The summed E-state index contributed by atoms with van der Waals surface area (Å²) < 4.78 is 53.3. The number of carbonyl (C=O) groups is 1. The average Bonchev–Trinajstić information content (AvgIpc) is 3.27. The number of alkyl halides is 2. The van der Waals surface area contributed by atoms with Gasteiger partial charge in [0, 0.05) is 50.4 Å². The average molecular weight is 590 g/mol. The van der Waals surface area contributed by atoms with E-state index in [1.165, 1.54) is 17.0 Å². The largest absolute Gasteiger partial charge is 0.377 e. The van der Waals surface area contributed by atoms with Crippen molar-refractivity contribution < 1.29 is 22.0 Å². The number of hydrogen-bond acceptors (Lipinski definition) is 6. The van der Waals surface area contributed by atoms with E-state index >= 15 is 8.78 Å². The summed E-state index contributed by atoms with van der Waals surface area (Å²) >= 11 is 0. The summed E-state index contributed by atoms with van der Waals surface area (Å²) in [5.74, 6) is -4.73. The summed E-state index contributed by atoms with van der Waals surface area (Å²) in [5.41, 5.74) is 1.93. The van der Waals surface area contributed by atoms with E-state index in [0.717, 1.165) is 49.8 Å². The number of sulfonamides is 1. The first-order valence-corrected chi connectivity index (χ1v) is 15.8. The zero-order chi connectivity index (χ0) is 29.8. The van der Waals surface area contributed by atoms with Gasteiger partial charge in [0.2, 0.25) is 10.0 Å². The normalized spacial score (nSPS) is 23.9. The number of benzene rings is 1. The minimum atomic E-state index is -3.74. The number of hydrogen-bond donors (Lipinski definition) is 2. The SMILES string of the molecule is CCCN(C)/C(=C(\C=N)C(=O)N1CC(C2C=CC=CC2)C(F)(F)C1)C1CCN(Cc2ccc(S(N)(=O)=O)cc2)CC1. The quantitative estimate of drug-likeness (QED) is 0.317. The first kappa shape index (κ1) is 31.1. The van der Waals surface area contributed by atoms with Gasteiger partial charge in [-0.1, -0.05) is 43.4 Å². The Morgan fingerprint density at radius 2 is 1.88 bits per heavy atom. The fraction of sp³-hybridized carbons (Fsp3) is 0.533. The highest BCUT2D eigenvalue weighted by Crippen LogP contribution is 2.41. The van der Waals surface area contributed by atoms with E-state index in [9.17, 15) is 13.2 Å². The van der Waals surface area contributed by atoms with Crippen LogP contribution in [0.1, 0.15) is 38.2 Å². The molecule has 2 atom stereocenters. The second-order valence-electron chi connectivity index (χ2n) is 11.4. The van der Waals surface area contributed by atoms with Crippen LogP contribution in [0, 0.1) is 23.2 Å². The molecule has 0 aromatic heterocycles. The van der Waals surface area contributed by atoms with Gasteiger partial charge in [0.25, 0.3) is 11.8 Å². The van der Waals surface area contributed by atoms with Crippen molar-refractivity contribution in [2.75, 3.05) is 39.8 Å². The van der Waals surface area contributed by atoms with Crippen LogP contribution in [0.4, 0.5) is 8.78 Å². The zero-order valence-electron chi connectivity index (χ0n) is 23.8. The van der Waals surface area contributed by atoms with Gasteiger partial charge in [-0.2, -0.15) is 0 Å². The van der Waals surface area contributed by atoms with Crippen molar-refractivity contribution in [3.63, 3.8) is 0 Å². The van der Waals surface area contributed by atoms with Gasteiger partial charge in [0.05, 0.1) is 17.0 Å². The molecule has 4 rings (SSSR count). The summed E-state index contributed by atoms with van der Waals surface area (Å²) in [6, 6.07) is 6.54. The summed E-state index contributed by atoms with van der Waals surface area (Å²) in [6.07, 6.45) is 11.3. The molecule has 2 heterocycles. The van der Waals surface area contributed by atoms with Crippen molar-refractivity contribution in [2.45, 2.75) is 50.0 Å². The molecular weight excluding hydrogens is 548 g/mol. The van der Waals surface area contributed by atoms with Crippen molar-refractivity contribution in [2.24, 2.45) is 22.9 Å². The highest BCUT2D eigenvalue weighted by Gasteiger charge is 2.52. The minimum Gasteiger partial charge on any atom is -0.377 e. The number of rotatable bonds is 10. The van der Waals surface area contributed by atoms with Gasteiger partial charge in [-0.15, -0.1) is 0 Å². The molecule has 3 N–H and O–H groups in total. The molecule has 2 saturated heterocycles. The summed E-state index contributed by atoms with van der Waals surface area (Å²) in [5, 5.41) is 13.4. The van der Waals surface area contributed by atoms with Gasteiger partial charge in [-0.3, -0.25) is 9.69 Å². The van der Waals surface area contributed by atoms with Gasteiger partial charge in [-0.25, -0.2) is 22.3 Å². The molecule has 224 valence electrons. The maximum atomic E-state index is 15.1. The first-order valence-electron chi connectivity index (χ1n) is 14.2. The molecule has 11 heteroatoms. The lowest BCUT2D eigenvalue weighted by Gasteiger charge is -2.37. The lowest BCUT2D eigenvalue weighted by molar-refractivity contribution is -0.127. The Hall–Kier alpha value is -2.89. The third-order valence-electron chi connectivity index (χ3n) is 8.43. The van der Waals surface area contributed by atoms with Gasteiger partial charge in [0.15, 0.2) is 0 Å². The fourth-order valence-corrected chi connectivity index (χ4v) is 6.84.